The number of sulfone groups is 1. The summed E-state index contributed by atoms with van der Waals surface area (Å²) in [5.74, 6) is 1.35. The van der Waals surface area contributed by atoms with Gasteiger partial charge in [-0.2, -0.15) is 0 Å². The van der Waals surface area contributed by atoms with E-state index < -0.39 is 9.84 Å². The second kappa shape index (κ2) is 6.06. The molecule has 0 aromatic carbocycles. The number of hydrogen-bond donors (Lipinski definition) is 0. The predicted molar refractivity (Wildman–Crippen MR) is 77.7 cm³/mol. The van der Waals surface area contributed by atoms with Crippen LogP contribution in [0.2, 0.25) is 0 Å². The van der Waals surface area contributed by atoms with Crippen LogP contribution in [-0.2, 0) is 21.1 Å². The lowest BCUT2D eigenvalue weighted by molar-refractivity contribution is 0.0573. The van der Waals surface area contributed by atoms with Gasteiger partial charge >= 0.3 is 0 Å². The van der Waals surface area contributed by atoms with Gasteiger partial charge < -0.3 is 9.26 Å². The van der Waals surface area contributed by atoms with Crippen LogP contribution in [0.3, 0.4) is 0 Å². The van der Waals surface area contributed by atoms with Crippen LogP contribution in [0.25, 0.3) is 0 Å². The summed E-state index contributed by atoms with van der Waals surface area (Å²) >= 11 is 0. The first-order valence-corrected chi connectivity index (χ1v) is 9.32. The summed E-state index contributed by atoms with van der Waals surface area (Å²) in [6.45, 7) is 4.16. The molecular formula is C14H22N2O4S. The van der Waals surface area contributed by atoms with Crippen molar-refractivity contribution < 1.29 is 17.7 Å². The molecule has 0 bridgehead atoms. The Kier molecular flexibility index (Phi) is 4.33. The van der Waals surface area contributed by atoms with E-state index in [0.717, 1.165) is 37.3 Å². The minimum absolute atomic E-state index is 0.0773. The summed E-state index contributed by atoms with van der Waals surface area (Å²) in [5, 5.41) is 3.81. The summed E-state index contributed by atoms with van der Waals surface area (Å²) in [7, 11) is -2.88. The van der Waals surface area contributed by atoms with E-state index in [1.807, 2.05) is 6.92 Å². The fourth-order valence-electron chi connectivity index (χ4n) is 3.15. The van der Waals surface area contributed by atoms with E-state index in [0.29, 0.717) is 18.7 Å². The van der Waals surface area contributed by atoms with Gasteiger partial charge in [0.05, 0.1) is 23.8 Å². The number of hydrogen-bond acceptors (Lipinski definition) is 6. The number of nitrogens with zero attached hydrogens (tertiary/aromatic N) is 2. The Bertz CT molecular complexity index is 578. The first-order chi connectivity index (χ1) is 10.0. The molecule has 21 heavy (non-hydrogen) atoms. The highest BCUT2D eigenvalue weighted by Gasteiger charge is 2.34. The number of aromatic nitrogens is 1. The summed E-state index contributed by atoms with van der Waals surface area (Å²) in [5.41, 5.74) is 1.03. The van der Waals surface area contributed by atoms with Gasteiger partial charge in [-0.25, -0.2) is 8.42 Å². The molecule has 3 heterocycles. The van der Waals surface area contributed by atoms with Gasteiger partial charge in [0.1, 0.15) is 5.76 Å². The van der Waals surface area contributed by atoms with E-state index in [4.69, 9.17) is 9.26 Å². The van der Waals surface area contributed by atoms with Gasteiger partial charge in [-0.3, -0.25) is 4.90 Å². The van der Waals surface area contributed by atoms with Gasteiger partial charge in [-0.1, -0.05) is 5.16 Å². The molecule has 2 aliphatic heterocycles. The van der Waals surface area contributed by atoms with E-state index in [2.05, 4.69) is 10.1 Å². The molecule has 2 atom stereocenters. The van der Waals surface area contributed by atoms with Crippen molar-refractivity contribution in [2.75, 3.05) is 24.7 Å². The van der Waals surface area contributed by atoms with Gasteiger partial charge in [0.15, 0.2) is 9.84 Å². The fraction of sp³-hybridized carbons (Fsp3) is 0.786. The molecule has 0 N–H and O–H groups in total. The third kappa shape index (κ3) is 3.64. The van der Waals surface area contributed by atoms with Crippen molar-refractivity contribution in [2.24, 2.45) is 0 Å². The summed E-state index contributed by atoms with van der Waals surface area (Å²) in [6, 6.07) is 0.0773. The Labute approximate surface area is 125 Å². The molecule has 1 aromatic rings. The third-order valence-electron chi connectivity index (χ3n) is 4.41. The van der Waals surface area contributed by atoms with Crippen molar-refractivity contribution in [3.05, 3.63) is 17.5 Å². The maximum Gasteiger partial charge on any atom is 0.151 e. The highest BCUT2D eigenvalue weighted by molar-refractivity contribution is 7.91. The zero-order valence-electron chi connectivity index (χ0n) is 12.3. The summed E-state index contributed by atoms with van der Waals surface area (Å²) in [4.78, 5) is 2.24. The van der Waals surface area contributed by atoms with Crippen LogP contribution in [0.4, 0.5) is 0 Å². The van der Waals surface area contributed by atoms with Crippen LogP contribution in [0.15, 0.2) is 10.7 Å². The van der Waals surface area contributed by atoms with Crippen molar-refractivity contribution in [3.63, 3.8) is 0 Å². The van der Waals surface area contributed by atoms with Gasteiger partial charge in [-0.05, 0) is 26.2 Å². The highest BCUT2D eigenvalue weighted by Crippen LogP contribution is 2.23. The lowest BCUT2D eigenvalue weighted by Crippen LogP contribution is -2.40. The zero-order chi connectivity index (χ0) is 14.9. The molecule has 0 spiro atoms. The second-order valence-corrected chi connectivity index (χ2v) is 8.26. The molecule has 7 heteroatoms. The topological polar surface area (TPSA) is 72.6 Å². The smallest absolute Gasteiger partial charge is 0.151 e. The van der Waals surface area contributed by atoms with E-state index in [9.17, 15) is 8.42 Å². The van der Waals surface area contributed by atoms with Crippen molar-refractivity contribution in [1.29, 1.82) is 0 Å². The van der Waals surface area contributed by atoms with Gasteiger partial charge in [0, 0.05) is 31.3 Å². The summed E-state index contributed by atoms with van der Waals surface area (Å²) < 4.78 is 34.4. The average Bonchev–Trinajstić information content (AvgIpc) is 3.12. The van der Waals surface area contributed by atoms with Crippen LogP contribution in [0.1, 0.15) is 30.6 Å². The maximum absolute atomic E-state index is 11.8. The lowest BCUT2D eigenvalue weighted by atomic mass is 10.1. The molecule has 0 unspecified atom stereocenters. The average molecular weight is 314 g/mol. The largest absolute Gasteiger partial charge is 0.377 e. The molecule has 2 aliphatic rings. The molecule has 118 valence electrons. The molecule has 0 saturated carbocycles. The predicted octanol–water partition coefficient (Wildman–Crippen LogP) is 1.15. The minimum Gasteiger partial charge on any atom is -0.377 e. The Hall–Kier alpha value is -0.920. The Morgan fingerprint density at radius 2 is 2.29 bits per heavy atom. The SMILES string of the molecule is Cc1oncc1CN(C[C@@H]1CCCO1)[C@H]1CCS(=O)(=O)C1. The van der Waals surface area contributed by atoms with E-state index in [1.54, 1.807) is 6.20 Å². The van der Waals surface area contributed by atoms with Crippen LogP contribution in [0, 0.1) is 6.92 Å². The molecular weight excluding hydrogens is 292 g/mol. The van der Waals surface area contributed by atoms with Gasteiger partial charge in [0.25, 0.3) is 0 Å². The van der Waals surface area contributed by atoms with Gasteiger partial charge in [0.2, 0.25) is 0 Å². The van der Waals surface area contributed by atoms with Crippen molar-refractivity contribution in [3.8, 4) is 0 Å². The van der Waals surface area contributed by atoms with E-state index in [-0.39, 0.29) is 17.9 Å². The number of rotatable bonds is 5. The van der Waals surface area contributed by atoms with Crippen molar-refractivity contribution >= 4 is 9.84 Å². The van der Waals surface area contributed by atoms with Crippen LogP contribution in [0.5, 0.6) is 0 Å². The van der Waals surface area contributed by atoms with Crippen LogP contribution < -0.4 is 0 Å². The Balaban J connectivity index is 1.72. The normalized spacial score (nSPS) is 28.5. The molecule has 0 amide bonds. The fourth-order valence-corrected chi connectivity index (χ4v) is 4.91. The van der Waals surface area contributed by atoms with E-state index >= 15 is 0 Å². The lowest BCUT2D eigenvalue weighted by Gasteiger charge is -2.29. The molecule has 0 aliphatic carbocycles. The van der Waals surface area contributed by atoms with Crippen molar-refractivity contribution in [1.82, 2.24) is 10.1 Å². The Morgan fingerprint density at radius 3 is 2.86 bits per heavy atom. The van der Waals surface area contributed by atoms with Gasteiger partial charge in [-0.15, -0.1) is 0 Å². The quantitative estimate of drug-likeness (QED) is 0.812. The second-order valence-electron chi connectivity index (χ2n) is 6.03. The van der Waals surface area contributed by atoms with E-state index in [1.165, 1.54) is 0 Å². The third-order valence-corrected chi connectivity index (χ3v) is 6.16. The first kappa shape index (κ1) is 15.0. The molecule has 1 aromatic heterocycles. The standard InChI is InChI=1S/C14H22N2O4S/c1-11-12(7-15-20-11)8-16(9-14-3-2-5-19-14)13-4-6-21(17,18)10-13/h7,13-14H,2-6,8-10H2,1H3/t13-,14-/m0/s1. The molecule has 3 rings (SSSR count). The maximum atomic E-state index is 11.8. The first-order valence-electron chi connectivity index (χ1n) is 7.50. The molecule has 6 nitrogen and oxygen atoms in total. The summed E-state index contributed by atoms with van der Waals surface area (Å²) in [6.07, 6.45) is 4.79. The monoisotopic (exact) mass is 314 g/mol. The Morgan fingerprint density at radius 1 is 1.43 bits per heavy atom. The minimum atomic E-state index is -2.88. The van der Waals surface area contributed by atoms with Crippen LogP contribution in [-0.4, -0.2) is 55.3 Å². The highest BCUT2D eigenvalue weighted by atomic mass is 32.2. The molecule has 2 saturated heterocycles. The zero-order valence-corrected chi connectivity index (χ0v) is 13.1. The van der Waals surface area contributed by atoms with Crippen molar-refractivity contribution in [2.45, 2.75) is 44.9 Å². The van der Waals surface area contributed by atoms with Crippen LogP contribution >= 0.6 is 0 Å². The molecule has 2 fully saturated rings. The number of aryl methyl sites for hydroxylation is 1. The number of ether oxygens (including phenoxy) is 1. The molecule has 0 radical (unpaired) electrons.